The van der Waals surface area contributed by atoms with Crippen molar-refractivity contribution in [3.63, 3.8) is 0 Å². The average Bonchev–Trinajstić information content (AvgIpc) is 2.88. The fraction of sp³-hybridized carbons (Fsp3) is 0.423. The van der Waals surface area contributed by atoms with Gasteiger partial charge in [-0.1, -0.05) is 49.4 Å². The maximum atomic E-state index is 13.0. The van der Waals surface area contributed by atoms with Gasteiger partial charge in [0.2, 0.25) is 15.9 Å². The van der Waals surface area contributed by atoms with Gasteiger partial charge in [-0.15, -0.1) is 0 Å². The van der Waals surface area contributed by atoms with E-state index in [1.165, 1.54) is 9.71 Å². The number of hydrogen-bond acceptors (Lipinski definition) is 5. The molecule has 2 aliphatic rings. The second kappa shape index (κ2) is 11.2. The zero-order chi connectivity index (χ0) is 24.0. The Kier molecular flexibility index (Phi) is 8.03. The van der Waals surface area contributed by atoms with E-state index in [2.05, 4.69) is 28.1 Å². The Morgan fingerprint density at radius 3 is 2.26 bits per heavy atom. The lowest BCUT2D eigenvalue weighted by Crippen LogP contribution is -2.46. The monoisotopic (exact) mass is 482 g/mol. The van der Waals surface area contributed by atoms with Gasteiger partial charge in [-0.2, -0.15) is 4.31 Å². The van der Waals surface area contributed by atoms with Crippen LogP contribution in [0, 0.1) is 5.92 Å². The molecule has 34 heavy (non-hydrogen) atoms. The maximum Gasteiger partial charge on any atom is 0.236 e. The van der Waals surface area contributed by atoms with E-state index in [4.69, 9.17) is 0 Å². The number of benzene rings is 2. The Labute approximate surface area is 203 Å². The van der Waals surface area contributed by atoms with Crippen molar-refractivity contribution >= 4 is 33.4 Å². The molecule has 1 amide bonds. The minimum Gasteiger partial charge on any atom is -0.367 e. The van der Waals surface area contributed by atoms with Crippen molar-refractivity contribution in [2.75, 3.05) is 56.0 Å². The van der Waals surface area contributed by atoms with Gasteiger partial charge < -0.3 is 15.1 Å². The molecule has 7 nitrogen and oxygen atoms in total. The van der Waals surface area contributed by atoms with E-state index in [9.17, 15) is 13.2 Å². The van der Waals surface area contributed by atoms with E-state index in [-0.39, 0.29) is 11.8 Å². The SMILES string of the molecule is CCN1CCN(c2ccccc2NC(=O)C2CCN(S(=O)(=O)/C=C/c3ccccc3)CC2)CC1. The summed E-state index contributed by atoms with van der Waals surface area (Å²) >= 11 is 0. The molecular formula is C26H34N4O3S. The molecule has 0 unspecified atom stereocenters. The van der Waals surface area contributed by atoms with Crippen LogP contribution in [0.3, 0.4) is 0 Å². The summed E-state index contributed by atoms with van der Waals surface area (Å²) in [6, 6.07) is 17.3. The number of likely N-dealkylation sites (N-methyl/N-ethyl adjacent to an activating group) is 1. The standard InChI is InChI=1S/C26H34N4O3S/c1-2-28-17-19-29(20-18-28)25-11-7-6-10-24(25)27-26(31)23-12-15-30(16-13-23)34(32,33)21-14-22-8-4-3-5-9-22/h3-11,14,21,23H,2,12-13,15-20H2,1H3,(H,27,31)/b21-14+. The quantitative estimate of drug-likeness (QED) is 0.654. The maximum absolute atomic E-state index is 13.0. The molecule has 2 heterocycles. The first-order valence-corrected chi connectivity index (χ1v) is 13.6. The fourth-order valence-corrected chi connectivity index (χ4v) is 5.80. The second-order valence-electron chi connectivity index (χ2n) is 8.86. The number of hydrogen-bond donors (Lipinski definition) is 1. The highest BCUT2D eigenvalue weighted by Crippen LogP contribution is 2.29. The topological polar surface area (TPSA) is 73.0 Å². The number of piperazine rings is 1. The van der Waals surface area contributed by atoms with Crippen LogP contribution in [0.4, 0.5) is 11.4 Å². The number of para-hydroxylation sites is 2. The summed E-state index contributed by atoms with van der Waals surface area (Å²) < 4.78 is 26.9. The first kappa shape index (κ1) is 24.4. The molecule has 0 aromatic heterocycles. The molecule has 2 saturated heterocycles. The van der Waals surface area contributed by atoms with Crippen molar-refractivity contribution in [1.82, 2.24) is 9.21 Å². The summed E-state index contributed by atoms with van der Waals surface area (Å²) in [5.74, 6) is -0.230. The van der Waals surface area contributed by atoms with Crippen LogP contribution in [0.15, 0.2) is 60.0 Å². The van der Waals surface area contributed by atoms with E-state index < -0.39 is 10.0 Å². The molecule has 2 aromatic rings. The highest BCUT2D eigenvalue weighted by atomic mass is 32.2. The molecule has 0 saturated carbocycles. The Bertz CT molecular complexity index is 1090. The molecule has 2 aliphatic heterocycles. The molecule has 1 N–H and O–H groups in total. The molecule has 0 radical (unpaired) electrons. The van der Waals surface area contributed by atoms with Crippen LogP contribution >= 0.6 is 0 Å². The first-order chi connectivity index (χ1) is 16.5. The predicted octanol–water partition coefficient (Wildman–Crippen LogP) is 3.48. The lowest BCUT2D eigenvalue weighted by Gasteiger charge is -2.36. The van der Waals surface area contributed by atoms with Crippen LogP contribution in [0.25, 0.3) is 6.08 Å². The summed E-state index contributed by atoms with van der Waals surface area (Å²) in [5.41, 5.74) is 2.73. The van der Waals surface area contributed by atoms with E-state index in [0.717, 1.165) is 49.7 Å². The number of carbonyl (C=O) groups is 1. The molecule has 0 aliphatic carbocycles. The summed E-state index contributed by atoms with van der Waals surface area (Å²) in [6.45, 7) is 7.85. The number of carbonyl (C=O) groups excluding carboxylic acids is 1. The van der Waals surface area contributed by atoms with Crippen LogP contribution in [0.5, 0.6) is 0 Å². The third-order valence-electron chi connectivity index (χ3n) is 6.74. The van der Waals surface area contributed by atoms with Gasteiger partial charge in [0, 0.05) is 50.6 Å². The van der Waals surface area contributed by atoms with E-state index in [0.29, 0.717) is 25.9 Å². The fourth-order valence-electron chi connectivity index (χ4n) is 4.58. The molecule has 2 aromatic carbocycles. The number of piperidine rings is 1. The minimum atomic E-state index is -3.51. The van der Waals surface area contributed by atoms with Crippen LogP contribution in [-0.4, -0.2) is 69.3 Å². The molecule has 182 valence electrons. The van der Waals surface area contributed by atoms with Gasteiger partial charge in [0.25, 0.3) is 0 Å². The summed E-state index contributed by atoms with van der Waals surface area (Å²) in [4.78, 5) is 17.8. The van der Waals surface area contributed by atoms with Gasteiger partial charge in [0.15, 0.2) is 0 Å². The molecule has 2 fully saturated rings. The van der Waals surface area contributed by atoms with Gasteiger partial charge in [0.05, 0.1) is 11.4 Å². The van der Waals surface area contributed by atoms with Crippen LogP contribution in [-0.2, 0) is 14.8 Å². The lowest BCUT2D eigenvalue weighted by molar-refractivity contribution is -0.120. The number of anilines is 2. The Hall–Kier alpha value is -2.68. The summed E-state index contributed by atoms with van der Waals surface area (Å²) in [6.07, 6.45) is 2.65. The third-order valence-corrected chi connectivity index (χ3v) is 8.30. The van der Waals surface area contributed by atoms with Gasteiger partial charge in [0.1, 0.15) is 0 Å². The van der Waals surface area contributed by atoms with Crippen molar-refractivity contribution in [3.8, 4) is 0 Å². The Morgan fingerprint density at radius 2 is 1.59 bits per heavy atom. The molecular weight excluding hydrogens is 448 g/mol. The smallest absolute Gasteiger partial charge is 0.236 e. The summed E-state index contributed by atoms with van der Waals surface area (Å²) in [7, 11) is -3.51. The number of nitrogens with zero attached hydrogens (tertiary/aromatic N) is 3. The van der Waals surface area contributed by atoms with Gasteiger partial charge >= 0.3 is 0 Å². The zero-order valence-corrected chi connectivity index (χ0v) is 20.6. The zero-order valence-electron chi connectivity index (χ0n) is 19.8. The third kappa shape index (κ3) is 6.05. The molecule has 0 bridgehead atoms. The number of nitrogens with one attached hydrogen (secondary N) is 1. The van der Waals surface area contributed by atoms with E-state index >= 15 is 0 Å². The van der Waals surface area contributed by atoms with Crippen LogP contribution in [0.1, 0.15) is 25.3 Å². The normalized spacial score (nSPS) is 18.9. The van der Waals surface area contributed by atoms with Crippen molar-refractivity contribution in [2.45, 2.75) is 19.8 Å². The van der Waals surface area contributed by atoms with Crippen molar-refractivity contribution < 1.29 is 13.2 Å². The Morgan fingerprint density at radius 1 is 0.941 bits per heavy atom. The highest BCUT2D eigenvalue weighted by Gasteiger charge is 2.30. The van der Waals surface area contributed by atoms with Crippen LogP contribution < -0.4 is 10.2 Å². The summed E-state index contributed by atoms with van der Waals surface area (Å²) in [5, 5.41) is 4.39. The highest BCUT2D eigenvalue weighted by molar-refractivity contribution is 7.92. The van der Waals surface area contributed by atoms with Crippen molar-refractivity contribution in [3.05, 3.63) is 65.6 Å². The van der Waals surface area contributed by atoms with Gasteiger partial charge in [-0.25, -0.2) is 8.42 Å². The molecule has 0 atom stereocenters. The van der Waals surface area contributed by atoms with E-state index in [1.54, 1.807) is 6.08 Å². The van der Waals surface area contributed by atoms with Gasteiger partial charge in [-0.3, -0.25) is 4.79 Å². The molecule has 4 rings (SSSR count). The second-order valence-corrected chi connectivity index (χ2v) is 10.7. The number of rotatable bonds is 7. The van der Waals surface area contributed by atoms with Crippen molar-refractivity contribution in [1.29, 1.82) is 0 Å². The first-order valence-electron chi connectivity index (χ1n) is 12.1. The molecule has 8 heteroatoms. The Balaban J connectivity index is 1.33. The lowest BCUT2D eigenvalue weighted by atomic mass is 9.97. The molecule has 0 spiro atoms. The predicted molar refractivity (Wildman–Crippen MR) is 138 cm³/mol. The number of amides is 1. The number of sulfonamides is 1. The van der Waals surface area contributed by atoms with E-state index in [1.807, 2.05) is 48.5 Å². The largest absolute Gasteiger partial charge is 0.367 e. The van der Waals surface area contributed by atoms with Crippen LogP contribution in [0.2, 0.25) is 0 Å². The van der Waals surface area contributed by atoms with Crippen molar-refractivity contribution in [2.24, 2.45) is 5.92 Å². The average molecular weight is 483 g/mol. The van der Waals surface area contributed by atoms with Gasteiger partial charge in [-0.05, 0) is 43.2 Å². The minimum absolute atomic E-state index is 0.0310.